The molecular formula is C17H24Cl2N2O. The summed E-state index contributed by atoms with van der Waals surface area (Å²) in [5.41, 5.74) is 6.95. The van der Waals surface area contributed by atoms with Crippen LogP contribution in [0.2, 0.25) is 10.0 Å². The molecule has 0 bridgehead atoms. The number of Topliss-reactive ketones (excluding diaryl/α,β-unsaturated/α-hetero) is 1. The molecule has 0 heterocycles. The van der Waals surface area contributed by atoms with E-state index in [-0.39, 0.29) is 5.78 Å². The third kappa shape index (κ3) is 4.15. The van der Waals surface area contributed by atoms with Gasteiger partial charge in [0, 0.05) is 11.7 Å². The molecule has 0 radical (unpaired) electrons. The molecule has 122 valence electrons. The number of halogens is 2. The summed E-state index contributed by atoms with van der Waals surface area (Å²) < 4.78 is 0. The molecule has 0 unspecified atom stereocenters. The van der Waals surface area contributed by atoms with Crippen LogP contribution in [0, 0.1) is 5.41 Å². The van der Waals surface area contributed by atoms with Gasteiger partial charge in [0.2, 0.25) is 0 Å². The first-order valence-electron chi connectivity index (χ1n) is 7.67. The van der Waals surface area contributed by atoms with Gasteiger partial charge >= 0.3 is 0 Å². The molecule has 0 amide bonds. The number of nitrogens with two attached hydrogens (primary N) is 1. The number of hydrogen-bond acceptors (Lipinski definition) is 3. The molecule has 0 saturated heterocycles. The van der Waals surface area contributed by atoms with Crippen LogP contribution < -0.4 is 5.73 Å². The second-order valence-corrected chi connectivity index (χ2v) is 7.91. The Balaban J connectivity index is 2.03. The maximum atomic E-state index is 12.5. The van der Waals surface area contributed by atoms with Gasteiger partial charge in [-0.25, -0.2) is 0 Å². The monoisotopic (exact) mass is 342 g/mol. The zero-order valence-electron chi connectivity index (χ0n) is 13.5. The van der Waals surface area contributed by atoms with Gasteiger partial charge in [0.1, 0.15) is 0 Å². The molecule has 5 heteroatoms. The van der Waals surface area contributed by atoms with Gasteiger partial charge in [0.25, 0.3) is 0 Å². The largest absolute Gasteiger partial charge is 0.399 e. The number of carbonyl (C=O) groups is 1. The van der Waals surface area contributed by atoms with Gasteiger partial charge in [-0.05, 0) is 50.3 Å². The van der Waals surface area contributed by atoms with Crippen LogP contribution in [0.1, 0.15) is 49.9 Å². The smallest absolute Gasteiger partial charge is 0.179 e. The van der Waals surface area contributed by atoms with E-state index in [2.05, 4.69) is 18.7 Å². The third-order valence-corrected chi connectivity index (χ3v) is 5.26. The van der Waals surface area contributed by atoms with Crippen molar-refractivity contribution in [1.29, 1.82) is 0 Å². The van der Waals surface area contributed by atoms with Crippen LogP contribution in [0.4, 0.5) is 5.69 Å². The maximum absolute atomic E-state index is 12.5. The van der Waals surface area contributed by atoms with E-state index < -0.39 is 0 Å². The van der Waals surface area contributed by atoms with Gasteiger partial charge in [-0.3, -0.25) is 9.69 Å². The Hall–Kier alpha value is -0.770. The fourth-order valence-electron chi connectivity index (χ4n) is 3.12. The summed E-state index contributed by atoms with van der Waals surface area (Å²) in [6.07, 6.45) is 4.64. The topological polar surface area (TPSA) is 46.3 Å². The van der Waals surface area contributed by atoms with Crippen molar-refractivity contribution in [2.24, 2.45) is 5.41 Å². The lowest BCUT2D eigenvalue weighted by Crippen LogP contribution is -2.40. The highest BCUT2D eigenvalue weighted by molar-refractivity contribution is 6.40. The van der Waals surface area contributed by atoms with E-state index in [0.29, 0.717) is 39.3 Å². The number of anilines is 1. The highest BCUT2D eigenvalue weighted by atomic mass is 35.5. The minimum absolute atomic E-state index is 0.0534. The molecular weight excluding hydrogens is 319 g/mol. The number of nitrogens with zero attached hydrogens (tertiary/aromatic N) is 1. The molecule has 0 aromatic heterocycles. The van der Waals surface area contributed by atoms with E-state index in [0.717, 1.165) is 12.8 Å². The molecule has 1 saturated carbocycles. The molecule has 1 aliphatic carbocycles. The zero-order chi connectivity index (χ0) is 16.5. The second kappa shape index (κ2) is 6.77. The quantitative estimate of drug-likeness (QED) is 0.639. The SMILES string of the molecule is CN(CC(=O)c1c(Cl)cc(N)cc1Cl)C1CCC(C)(C)CC1. The molecule has 0 aliphatic heterocycles. The number of likely N-dealkylation sites (N-methyl/N-ethyl adjacent to an activating group) is 1. The molecule has 0 atom stereocenters. The average molecular weight is 343 g/mol. The summed E-state index contributed by atoms with van der Waals surface area (Å²) in [4.78, 5) is 14.7. The molecule has 2 rings (SSSR count). The van der Waals surface area contributed by atoms with E-state index in [1.165, 1.54) is 12.8 Å². The summed E-state index contributed by atoms with van der Waals surface area (Å²) in [6.45, 7) is 4.94. The fraction of sp³-hybridized carbons (Fsp3) is 0.588. The Bertz CT molecular complexity index is 539. The first-order chi connectivity index (χ1) is 10.2. The molecule has 3 nitrogen and oxygen atoms in total. The average Bonchev–Trinajstić information content (AvgIpc) is 2.36. The van der Waals surface area contributed by atoms with E-state index in [1.54, 1.807) is 12.1 Å². The summed E-state index contributed by atoms with van der Waals surface area (Å²) in [7, 11) is 2.00. The van der Waals surface area contributed by atoms with Gasteiger partial charge in [-0.15, -0.1) is 0 Å². The number of carbonyl (C=O) groups excluding carboxylic acids is 1. The van der Waals surface area contributed by atoms with Crippen molar-refractivity contribution in [2.45, 2.75) is 45.6 Å². The van der Waals surface area contributed by atoms with Crippen molar-refractivity contribution in [3.05, 3.63) is 27.7 Å². The lowest BCUT2D eigenvalue weighted by atomic mass is 9.75. The van der Waals surface area contributed by atoms with Gasteiger partial charge < -0.3 is 5.73 Å². The molecule has 0 spiro atoms. The summed E-state index contributed by atoms with van der Waals surface area (Å²) >= 11 is 12.3. The number of ketones is 1. The maximum Gasteiger partial charge on any atom is 0.179 e. The highest BCUT2D eigenvalue weighted by Gasteiger charge is 2.30. The molecule has 1 aromatic rings. The Labute approximate surface area is 142 Å². The van der Waals surface area contributed by atoms with E-state index in [1.807, 2.05) is 7.05 Å². The van der Waals surface area contributed by atoms with E-state index in [4.69, 9.17) is 28.9 Å². The van der Waals surface area contributed by atoms with Crippen molar-refractivity contribution < 1.29 is 4.79 Å². The van der Waals surface area contributed by atoms with Crippen molar-refractivity contribution >= 4 is 34.7 Å². The van der Waals surface area contributed by atoms with E-state index >= 15 is 0 Å². The Morgan fingerprint density at radius 2 is 1.77 bits per heavy atom. The lowest BCUT2D eigenvalue weighted by Gasteiger charge is -2.38. The van der Waals surface area contributed by atoms with Crippen molar-refractivity contribution in [2.75, 3.05) is 19.3 Å². The molecule has 22 heavy (non-hydrogen) atoms. The Morgan fingerprint density at radius 3 is 2.27 bits per heavy atom. The molecule has 1 aliphatic rings. The number of hydrogen-bond donors (Lipinski definition) is 1. The van der Waals surface area contributed by atoms with Crippen molar-refractivity contribution in [3.8, 4) is 0 Å². The predicted octanol–water partition coefficient (Wildman–Crippen LogP) is 4.66. The molecule has 2 N–H and O–H groups in total. The van der Waals surface area contributed by atoms with Gasteiger partial charge in [-0.1, -0.05) is 37.0 Å². The van der Waals surface area contributed by atoms with Gasteiger partial charge in [0.15, 0.2) is 5.78 Å². The van der Waals surface area contributed by atoms with Gasteiger partial charge in [0.05, 0.1) is 22.2 Å². The van der Waals surface area contributed by atoms with Crippen LogP contribution in [0.5, 0.6) is 0 Å². The van der Waals surface area contributed by atoms with Gasteiger partial charge in [-0.2, -0.15) is 0 Å². The standard InChI is InChI=1S/C17H24Cl2N2O/c1-17(2)6-4-12(5-7-17)21(3)10-15(22)16-13(18)8-11(20)9-14(16)19/h8-9,12H,4-7,10,20H2,1-3H3. The van der Waals surface area contributed by atoms with Crippen LogP contribution in [0.25, 0.3) is 0 Å². The molecule has 1 fully saturated rings. The Morgan fingerprint density at radius 1 is 1.27 bits per heavy atom. The van der Waals surface area contributed by atoms with Crippen LogP contribution in [0.3, 0.4) is 0 Å². The van der Waals surface area contributed by atoms with Crippen LogP contribution >= 0.6 is 23.2 Å². The second-order valence-electron chi connectivity index (χ2n) is 7.09. The lowest BCUT2D eigenvalue weighted by molar-refractivity contribution is 0.0852. The number of rotatable bonds is 4. The van der Waals surface area contributed by atoms with Crippen LogP contribution in [0.15, 0.2) is 12.1 Å². The minimum Gasteiger partial charge on any atom is -0.399 e. The highest BCUT2D eigenvalue weighted by Crippen LogP contribution is 2.37. The summed E-state index contributed by atoms with van der Waals surface area (Å²) in [6, 6.07) is 3.59. The number of benzene rings is 1. The predicted molar refractivity (Wildman–Crippen MR) is 93.9 cm³/mol. The zero-order valence-corrected chi connectivity index (χ0v) is 15.0. The normalized spacial score (nSPS) is 18.6. The van der Waals surface area contributed by atoms with Crippen LogP contribution in [-0.2, 0) is 0 Å². The fourth-order valence-corrected chi connectivity index (χ4v) is 3.83. The minimum atomic E-state index is -0.0534. The summed E-state index contributed by atoms with van der Waals surface area (Å²) in [5.74, 6) is -0.0534. The van der Waals surface area contributed by atoms with Crippen LogP contribution in [-0.4, -0.2) is 30.3 Å². The Kier molecular flexibility index (Phi) is 5.41. The van der Waals surface area contributed by atoms with E-state index in [9.17, 15) is 4.79 Å². The summed E-state index contributed by atoms with van der Waals surface area (Å²) in [5, 5.41) is 0.654. The van der Waals surface area contributed by atoms with Crippen molar-refractivity contribution in [3.63, 3.8) is 0 Å². The number of nitrogen functional groups attached to an aromatic ring is 1. The first kappa shape index (κ1) is 17.6. The van der Waals surface area contributed by atoms with Crippen molar-refractivity contribution in [1.82, 2.24) is 4.90 Å². The third-order valence-electron chi connectivity index (χ3n) is 4.67. The molecule has 1 aromatic carbocycles. The first-order valence-corrected chi connectivity index (χ1v) is 8.43.